The van der Waals surface area contributed by atoms with Crippen molar-refractivity contribution >= 4 is 11.6 Å². The number of phenols is 2. The zero-order valence-corrected chi connectivity index (χ0v) is 16.7. The summed E-state index contributed by atoms with van der Waals surface area (Å²) in [5.41, 5.74) is 1.66. The highest BCUT2D eigenvalue weighted by atomic mass is 16.3. The Labute approximate surface area is 165 Å². The molecule has 154 valence electrons. The van der Waals surface area contributed by atoms with Gasteiger partial charge >= 0.3 is 0 Å². The van der Waals surface area contributed by atoms with Gasteiger partial charge < -0.3 is 31.1 Å². The number of β-amino-alcohol motifs (C(OH)–C–C–N with tert-alkyl or cyclic N) is 1. The Kier molecular flexibility index (Phi) is 8.91. The molecule has 28 heavy (non-hydrogen) atoms. The number of hydrogen-bond acceptors (Lipinski definition) is 6. The third kappa shape index (κ3) is 8.85. The average Bonchev–Trinajstić information content (AvgIpc) is 2.59. The van der Waals surface area contributed by atoms with Gasteiger partial charge in [0.05, 0.1) is 12.7 Å². The van der Waals surface area contributed by atoms with Gasteiger partial charge in [-0.05, 0) is 50.6 Å². The summed E-state index contributed by atoms with van der Waals surface area (Å²) < 4.78 is 0. The molecule has 2 rings (SSSR count). The zero-order chi connectivity index (χ0) is 21.3. The molecule has 1 unspecified atom stereocenters. The number of amides is 1. The fourth-order valence-corrected chi connectivity index (χ4v) is 2.25. The van der Waals surface area contributed by atoms with Gasteiger partial charge in [0.2, 0.25) is 5.91 Å². The van der Waals surface area contributed by atoms with Crippen LogP contribution in [0.25, 0.3) is 0 Å². The van der Waals surface area contributed by atoms with Crippen molar-refractivity contribution < 1.29 is 25.2 Å². The van der Waals surface area contributed by atoms with Crippen LogP contribution >= 0.6 is 0 Å². The summed E-state index contributed by atoms with van der Waals surface area (Å²) in [5.74, 6) is 0.0547. The summed E-state index contributed by atoms with van der Waals surface area (Å²) in [5, 5.41) is 43.1. The number of carbonyl (C=O) groups excluding carboxylic acids is 1. The van der Waals surface area contributed by atoms with Crippen molar-refractivity contribution in [1.82, 2.24) is 5.32 Å². The quantitative estimate of drug-likeness (QED) is 0.467. The molecule has 0 aliphatic carbocycles. The summed E-state index contributed by atoms with van der Waals surface area (Å²) in [6.07, 6.45) is -0.653. The van der Waals surface area contributed by atoms with E-state index >= 15 is 0 Å². The summed E-state index contributed by atoms with van der Waals surface area (Å²) in [6, 6.07) is 11.2. The molecule has 1 atom stereocenters. The maximum atomic E-state index is 10.5. The smallest absolute Gasteiger partial charge is 0.221 e. The Morgan fingerprint density at radius 2 is 1.79 bits per heavy atom. The standard InChI is InChI=1S/C13H21NO3.C8H9NO2/c1-13(2,3)14-7-12(17)9-4-5-11(16)10(6-9)8-15;1-6(10)9-7-3-2-4-8(11)5-7/h4-6,12,14-17H,7-8H2,1-3H3;2-5,11H,1H3,(H,9,10). The molecule has 0 fully saturated rings. The first kappa shape index (κ1) is 23.4. The second kappa shape index (κ2) is 10.7. The normalized spacial score (nSPS) is 11.9. The van der Waals surface area contributed by atoms with Crippen molar-refractivity contribution in [3.05, 3.63) is 53.6 Å². The minimum Gasteiger partial charge on any atom is -0.508 e. The fourth-order valence-electron chi connectivity index (χ4n) is 2.25. The van der Waals surface area contributed by atoms with Crippen LogP contribution in [-0.4, -0.2) is 38.4 Å². The third-order valence-corrected chi connectivity index (χ3v) is 3.65. The largest absolute Gasteiger partial charge is 0.508 e. The van der Waals surface area contributed by atoms with Crippen molar-refractivity contribution in [2.45, 2.75) is 45.9 Å². The van der Waals surface area contributed by atoms with Crippen LogP contribution in [-0.2, 0) is 11.4 Å². The molecule has 1 amide bonds. The molecule has 0 saturated carbocycles. The maximum absolute atomic E-state index is 10.5. The van der Waals surface area contributed by atoms with Crippen LogP contribution in [0.2, 0.25) is 0 Å². The average molecular weight is 390 g/mol. The molecular weight excluding hydrogens is 360 g/mol. The summed E-state index contributed by atoms with van der Waals surface area (Å²) >= 11 is 0. The summed E-state index contributed by atoms with van der Waals surface area (Å²) in [7, 11) is 0. The van der Waals surface area contributed by atoms with E-state index < -0.39 is 6.10 Å². The molecule has 0 aliphatic heterocycles. The second-order valence-corrected chi connectivity index (χ2v) is 7.42. The molecule has 0 bridgehead atoms. The Hall–Kier alpha value is -2.61. The van der Waals surface area contributed by atoms with Gasteiger partial charge in [0.1, 0.15) is 11.5 Å². The first-order valence-corrected chi connectivity index (χ1v) is 8.94. The number of carbonyl (C=O) groups is 1. The number of benzene rings is 2. The van der Waals surface area contributed by atoms with Crippen molar-refractivity contribution in [3.63, 3.8) is 0 Å². The zero-order valence-electron chi connectivity index (χ0n) is 16.7. The van der Waals surface area contributed by atoms with E-state index in [1.807, 2.05) is 20.8 Å². The van der Waals surface area contributed by atoms with E-state index in [2.05, 4.69) is 10.6 Å². The summed E-state index contributed by atoms with van der Waals surface area (Å²) in [6.45, 7) is 7.68. The van der Waals surface area contributed by atoms with E-state index in [1.165, 1.54) is 19.1 Å². The Morgan fingerprint density at radius 3 is 2.32 bits per heavy atom. The van der Waals surface area contributed by atoms with Crippen LogP contribution in [0.3, 0.4) is 0 Å². The van der Waals surface area contributed by atoms with Gasteiger partial charge in [0, 0.05) is 36.3 Å². The first-order chi connectivity index (χ1) is 13.0. The van der Waals surface area contributed by atoms with E-state index in [0.717, 1.165) is 0 Å². The van der Waals surface area contributed by atoms with Crippen molar-refractivity contribution in [2.75, 3.05) is 11.9 Å². The van der Waals surface area contributed by atoms with Crippen LogP contribution in [0.5, 0.6) is 11.5 Å². The molecule has 2 aromatic rings. The molecule has 0 saturated heterocycles. The molecule has 7 heteroatoms. The van der Waals surface area contributed by atoms with Gasteiger partial charge in [-0.3, -0.25) is 4.79 Å². The van der Waals surface area contributed by atoms with Crippen LogP contribution in [0.1, 0.15) is 44.9 Å². The lowest BCUT2D eigenvalue weighted by atomic mass is 10.0. The molecular formula is C21H30N2O5. The number of nitrogens with one attached hydrogen (secondary N) is 2. The van der Waals surface area contributed by atoms with Crippen LogP contribution in [0.4, 0.5) is 5.69 Å². The van der Waals surface area contributed by atoms with Gasteiger partial charge in [-0.25, -0.2) is 0 Å². The number of hydrogen-bond donors (Lipinski definition) is 6. The lowest BCUT2D eigenvalue weighted by Gasteiger charge is -2.23. The van der Waals surface area contributed by atoms with Crippen molar-refractivity contribution in [3.8, 4) is 11.5 Å². The maximum Gasteiger partial charge on any atom is 0.221 e. The predicted molar refractivity (Wildman–Crippen MR) is 109 cm³/mol. The number of aliphatic hydroxyl groups is 2. The predicted octanol–water partition coefficient (Wildman–Crippen LogP) is 2.66. The topological polar surface area (TPSA) is 122 Å². The highest BCUT2D eigenvalue weighted by Crippen LogP contribution is 2.22. The summed E-state index contributed by atoms with van der Waals surface area (Å²) in [4.78, 5) is 10.5. The van der Waals surface area contributed by atoms with Crippen LogP contribution in [0, 0.1) is 0 Å². The van der Waals surface area contributed by atoms with Crippen molar-refractivity contribution in [2.24, 2.45) is 0 Å². The number of aliphatic hydroxyl groups excluding tert-OH is 2. The first-order valence-electron chi connectivity index (χ1n) is 8.94. The number of rotatable bonds is 5. The molecule has 6 N–H and O–H groups in total. The third-order valence-electron chi connectivity index (χ3n) is 3.65. The van der Waals surface area contributed by atoms with Gasteiger partial charge in [0.25, 0.3) is 0 Å². The molecule has 0 heterocycles. The fraction of sp³-hybridized carbons (Fsp3) is 0.381. The number of anilines is 1. The van der Waals surface area contributed by atoms with Gasteiger partial charge in [-0.2, -0.15) is 0 Å². The Morgan fingerprint density at radius 1 is 1.11 bits per heavy atom. The monoisotopic (exact) mass is 390 g/mol. The molecule has 7 nitrogen and oxygen atoms in total. The lowest BCUT2D eigenvalue weighted by molar-refractivity contribution is -0.114. The highest BCUT2D eigenvalue weighted by Gasteiger charge is 2.14. The van der Waals surface area contributed by atoms with Gasteiger partial charge in [0.15, 0.2) is 0 Å². The van der Waals surface area contributed by atoms with E-state index in [9.17, 15) is 15.0 Å². The van der Waals surface area contributed by atoms with Gasteiger partial charge in [-0.1, -0.05) is 12.1 Å². The van der Waals surface area contributed by atoms with E-state index in [4.69, 9.17) is 10.2 Å². The number of phenolic OH excluding ortho intramolecular Hbond substituents is 1. The SMILES string of the molecule is CC(=O)Nc1cccc(O)c1.CC(C)(C)NCC(O)c1ccc(O)c(CO)c1. The molecule has 0 aliphatic rings. The molecule has 0 aromatic heterocycles. The Balaban J connectivity index is 0.000000307. The van der Waals surface area contributed by atoms with E-state index in [1.54, 1.807) is 30.3 Å². The number of aromatic hydroxyl groups is 2. The highest BCUT2D eigenvalue weighted by molar-refractivity contribution is 5.88. The van der Waals surface area contributed by atoms with Crippen LogP contribution < -0.4 is 10.6 Å². The molecule has 0 spiro atoms. The second-order valence-electron chi connectivity index (χ2n) is 7.42. The van der Waals surface area contributed by atoms with Gasteiger partial charge in [-0.15, -0.1) is 0 Å². The molecule has 0 radical (unpaired) electrons. The minimum absolute atomic E-state index is 0.0484. The minimum atomic E-state index is -0.653. The molecule has 2 aromatic carbocycles. The van der Waals surface area contributed by atoms with Crippen LogP contribution in [0.15, 0.2) is 42.5 Å². The lowest BCUT2D eigenvalue weighted by Crippen LogP contribution is -2.38. The van der Waals surface area contributed by atoms with E-state index in [0.29, 0.717) is 23.4 Å². The van der Waals surface area contributed by atoms with E-state index in [-0.39, 0.29) is 29.6 Å². The van der Waals surface area contributed by atoms with Crippen molar-refractivity contribution in [1.29, 1.82) is 0 Å². The Bertz CT molecular complexity index is 772.